The fourth-order valence-corrected chi connectivity index (χ4v) is 5.02. The van der Waals surface area contributed by atoms with Crippen LogP contribution < -0.4 is 14.8 Å². The fourth-order valence-electron chi connectivity index (χ4n) is 3.91. The molecular formula is C25H33N3O5S. The average Bonchev–Trinajstić information content (AvgIpc) is 3.13. The van der Waals surface area contributed by atoms with E-state index < -0.39 is 10.0 Å². The molecule has 0 aliphatic carbocycles. The number of anilines is 1. The molecule has 0 bridgehead atoms. The molecule has 0 radical (unpaired) electrons. The van der Waals surface area contributed by atoms with Gasteiger partial charge in [0.15, 0.2) is 0 Å². The van der Waals surface area contributed by atoms with Crippen molar-refractivity contribution in [3.05, 3.63) is 53.6 Å². The van der Waals surface area contributed by atoms with Crippen LogP contribution in [-0.2, 0) is 10.0 Å². The Hall–Kier alpha value is -3.07. The number of hydrogen-bond acceptors (Lipinski definition) is 5. The average molecular weight is 488 g/mol. The number of nitrogens with zero attached hydrogens (tertiary/aromatic N) is 1. The quantitative estimate of drug-likeness (QED) is 0.520. The van der Waals surface area contributed by atoms with Crippen LogP contribution in [0.25, 0.3) is 0 Å². The second-order valence-corrected chi connectivity index (χ2v) is 10.0. The first-order valence-electron chi connectivity index (χ1n) is 11.7. The molecule has 0 saturated carbocycles. The number of methoxy groups -OCH3 is 1. The van der Waals surface area contributed by atoms with E-state index in [2.05, 4.69) is 10.0 Å². The van der Waals surface area contributed by atoms with Crippen LogP contribution in [0.2, 0.25) is 0 Å². The van der Waals surface area contributed by atoms with Crippen molar-refractivity contribution in [3.63, 3.8) is 0 Å². The maximum absolute atomic E-state index is 13.2. The summed E-state index contributed by atoms with van der Waals surface area (Å²) in [6.07, 6.45) is 5.76. The van der Waals surface area contributed by atoms with Crippen LogP contribution in [0.4, 0.5) is 5.69 Å². The van der Waals surface area contributed by atoms with E-state index in [0.29, 0.717) is 25.4 Å². The first-order valence-corrected chi connectivity index (χ1v) is 13.2. The molecule has 2 amide bonds. The highest BCUT2D eigenvalue weighted by Crippen LogP contribution is 2.27. The maximum Gasteiger partial charge on any atom is 0.261 e. The Labute approximate surface area is 201 Å². The highest BCUT2D eigenvalue weighted by atomic mass is 32.2. The van der Waals surface area contributed by atoms with Gasteiger partial charge >= 0.3 is 0 Å². The van der Waals surface area contributed by atoms with Gasteiger partial charge in [0, 0.05) is 19.6 Å². The molecule has 0 aromatic heterocycles. The molecule has 2 aromatic carbocycles. The smallest absolute Gasteiger partial charge is 0.261 e. The molecular weight excluding hydrogens is 454 g/mol. The minimum absolute atomic E-state index is 0.0762. The molecule has 2 aromatic rings. The molecule has 184 valence electrons. The van der Waals surface area contributed by atoms with Gasteiger partial charge < -0.3 is 15.0 Å². The van der Waals surface area contributed by atoms with Crippen molar-refractivity contribution in [1.82, 2.24) is 10.2 Å². The van der Waals surface area contributed by atoms with Gasteiger partial charge in [-0.05, 0) is 49.6 Å². The summed E-state index contributed by atoms with van der Waals surface area (Å²) in [6.45, 7) is 3.81. The van der Waals surface area contributed by atoms with E-state index in [-0.39, 0.29) is 33.5 Å². The van der Waals surface area contributed by atoms with Crippen molar-refractivity contribution in [1.29, 1.82) is 0 Å². The Morgan fingerprint density at radius 1 is 1.00 bits per heavy atom. The number of rotatable bonds is 9. The summed E-state index contributed by atoms with van der Waals surface area (Å²) >= 11 is 0. The summed E-state index contributed by atoms with van der Waals surface area (Å²) in [5, 5.41) is 2.81. The molecule has 8 nitrogen and oxygen atoms in total. The summed E-state index contributed by atoms with van der Waals surface area (Å²) in [6, 6.07) is 10.7. The lowest BCUT2D eigenvalue weighted by molar-refractivity contribution is 0.0757. The number of carbonyl (C=O) groups is 2. The van der Waals surface area contributed by atoms with Crippen LogP contribution in [0.15, 0.2) is 47.4 Å². The number of nitrogens with one attached hydrogen (secondary N) is 2. The lowest BCUT2D eigenvalue weighted by Gasteiger charge is -2.22. The molecule has 1 fully saturated rings. The number of benzene rings is 2. The molecule has 0 unspecified atom stereocenters. The van der Waals surface area contributed by atoms with Crippen molar-refractivity contribution in [2.24, 2.45) is 0 Å². The van der Waals surface area contributed by atoms with E-state index in [1.165, 1.54) is 25.3 Å². The minimum atomic E-state index is -4.07. The van der Waals surface area contributed by atoms with E-state index in [1.54, 1.807) is 29.2 Å². The number of sulfonamides is 1. The van der Waals surface area contributed by atoms with Gasteiger partial charge in [0.2, 0.25) is 0 Å². The van der Waals surface area contributed by atoms with Gasteiger partial charge in [-0.25, -0.2) is 8.42 Å². The molecule has 9 heteroatoms. The largest absolute Gasteiger partial charge is 0.496 e. The Bertz CT molecular complexity index is 1110. The number of unbranched alkanes of at least 4 members (excludes halogenated alkanes) is 1. The fraction of sp³-hybridized carbons (Fsp3) is 0.440. The zero-order valence-corrected chi connectivity index (χ0v) is 20.6. The SMILES string of the molecule is CCCCNC(=O)c1ccccc1NS(=O)(=O)c1ccc(OC)c(C(=O)N2CCCCCC2)c1. The van der Waals surface area contributed by atoms with E-state index in [9.17, 15) is 18.0 Å². The highest BCUT2D eigenvalue weighted by Gasteiger charge is 2.25. The standard InChI is InChI=1S/C25H33N3O5S/c1-3-4-15-26-24(29)20-11-7-8-12-22(20)27-34(31,32)19-13-14-23(33-2)21(18-19)25(30)28-16-9-5-6-10-17-28/h7-8,11-14,18,27H,3-6,9-10,15-17H2,1-2H3,(H,26,29). The van der Waals surface area contributed by atoms with Gasteiger partial charge in [-0.15, -0.1) is 0 Å². The maximum atomic E-state index is 13.2. The molecule has 1 aliphatic rings. The number of carbonyl (C=O) groups excluding carboxylic acids is 2. The second kappa shape index (κ2) is 11.9. The lowest BCUT2D eigenvalue weighted by Crippen LogP contribution is -2.32. The molecule has 1 saturated heterocycles. The Kier molecular flexibility index (Phi) is 8.92. The molecule has 0 atom stereocenters. The van der Waals surface area contributed by atoms with Crippen molar-refractivity contribution < 1.29 is 22.7 Å². The number of hydrogen-bond donors (Lipinski definition) is 2. The van der Waals surface area contributed by atoms with Gasteiger partial charge in [-0.3, -0.25) is 14.3 Å². The lowest BCUT2D eigenvalue weighted by atomic mass is 10.1. The number of para-hydroxylation sites is 1. The van der Waals surface area contributed by atoms with Gasteiger partial charge in [-0.2, -0.15) is 0 Å². The van der Waals surface area contributed by atoms with Crippen molar-refractivity contribution in [3.8, 4) is 5.75 Å². The van der Waals surface area contributed by atoms with Crippen LogP contribution in [0, 0.1) is 0 Å². The Morgan fingerprint density at radius 2 is 1.71 bits per heavy atom. The van der Waals surface area contributed by atoms with Gasteiger partial charge in [0.05, 0.1) is 28.8 Å². The number of amides is 2. The summed E-state index contributed by atoms with van der Waals surface area (Å²) in [7, 11) is -2.62. The van der Waals surface area contributed by atoms with Crippen LogP contribution in [-0.4, -0.2) is 51.9 Å². The van der Waals surface area contributed by atoms with Gasteiger partial charge in [-0.1, -0.05) is 38.3 Å². The van der Waals surface area contributed by atoms with Crippen LogP contribution in [0.3, 0.4) is 0 Å². The normalized spacial score (nSPS) is 14.2. The van der Waals surface area contributed by atoms with Gasteiger partial charge in [0.1, 0.15) is 5.75 Å². The summed E-state index contributed by atoms with van der Waals surface area (Å²) in [4.78, 5) is 27.5. The Balaban J connectivity index is 1.88. The van der Waals surface area contributed by atoms with Crippen molar-refractivity contribution in [2.75, 3.05) is 31.5 Å². The molecule has 1 aliphatic heterocycles. The third kappa shape index (κ3) is 6.28. The third-order valence-electron chi connectivity index (χ3n) is 5.84. The predicted octanol–water partition coefficient (Wildman–Crippen LogP) is 4.04. The van der Waals surface area contributed by atoms with Crippen molar-refractivity contribution >= 4 is 27.5 Å². The monoisotopic (exact) mass is 487 g/mol. The van der Waals surface area contributed by atoms with Crippen LogP contribution >= 0.6 is 0 Å². The number of likely N-dealkylation sites (tertiary alicyclic amines) is 1. The van der Waals surface area contributed by atoms with Crippen LogP contribution in [0.5, 0.6) is 5.75 Å². The molecule has 0 spiro atoms. The van der Waals surface area contributed by atoms with Crippen LogP contribution in [0.1, 0.15) is 66.2 Å². The van der Waals surface area contributed by atoms with Gasteiger partial charge in [0.25, 0.3) is 21.8 Å². The third-order valence-corrected chi connectivity index (χ3v) is 7.20. The highest BCUT2D eigenvalue weighted by molar-refractivity contribution is 7.92. The summed E-state index contributed by atoms with van der Waals surface area (Å²) in [5.41, 5.74) is 0.613. The Morgan fingerprint density at radius 3 is 2.38 bits per heavy atom. The number of ether oxygens (including phenoxy) is 1. The molecule has 34 heavy (non-hydrogen) atoms. The van der Waals surface area contributed by atoms with E-state index in [4.69, 9.17) is 4.74 Å². The summed E-state index contributed by atoms with van der Waals surface area (Å²) in [5.74, 6) is -0.270. The zero-order valence-electron chi connectivity index (χ0n) is 19.8. The zero-order chi connectivity index (χ0) is 24.6. The summed E-state index contributed by atoms with van der Waals surface area (Å²) < 4.78 is 34.3. The first kappa shape index (κ1) is 25.6. The predicted molar refractivity (Wildman–Crippen MR) is 132 cm³/mol. The van der Waals surface area contributed by atoms with E-state index in [0.717, 1.165) is 38.5 Å². The minimum Gasteiger partial charge on any atom is -0.496 e. The first-order chi connectivity index (χ1) is 16.4. The van der Waals surface area contributed by atoms with E-state index in [1.807, 2.05) is 6.92 Å². The molecule has 2 N–H and O–H groups in total. The topological polar surface area (TPSA) is 105 Å². The van der Waals surface area contributed by atoms with E-state index >= 15 is 0 Å². The molecule has 3 rings (SSSR count). The second-order valence-electron chi connectivity index (χ2n) is 8.33. The molecule has 1 heterocycles. The van der Waals surface area contributed by atoms with Crippen molar-refractivity contribution in [2.45, 2.75) is 50.3 Å².